The van der Waals surface area contributed by atoms with Crippen LogP contribution in [0.5, 0.6) is 0 Å². The number of hydrogen-bond acceptors (Lipinski definition) is 3. The molecule has 2 rings (SSSR count). The van der Waals surface area contributed by atoms with Crippen molar-refractivity contribution >= 4 is 21.7 Å². The van der Waals surface area contributed by atoms with Gasteiger partial charge in [0.25, 0.3) is 0 Å². The van der Waals surface area contributed by atoms with Crippen LogP contribution in [0.25, 0.3) is 11.3 Å². The average Bonchev–Trinajstić information content (AvgIpc) is 2.31. The van der Waals surface area contributed by atoms with Crippen LogP contribution in [0.2, 0.25) is 0 Å². The van der Waals surface area contributed by atoms with Crippen molar-refractivity contribution in [3.63, 3.8) is 0 Å². The van der Waals surface area contributed by atoms with Crippen molar-refractivity contribution < 1.29 is 4.39 Å². The highest BCUT2D eigenvalue weighted by atomic mass is 79.9. The molecular weight excluding hydrogens is 273 g/mol. The number of nitrogens with one attached hydrogen (secondary N) is 1. The zero-order valence-corrected chi connectivity index (χ0v) is 10.1. The Morgan fingerprint density at radius 2 is 1.94 bits per heavy atom. The van der Waals surface area contributed by atoms with Gasteiger partial charge in [-0.25, -0.2) is 14.4 Å². The summed E-state index contributed by atoms with van der Waals surface area (Å²) in [6.07, 6.45) is 1.62. The standard InChI is InChI=1S/C11H9BrFN3/c1-14-9-6-15-11(12)10(16-9)7-2-4-8(13)5-3-7/h2-6H,1H3,(H,14,16). The van der Waals surface area contributed by atoms with Crippen LogP contribution in [-0.4, -0.2) is 17.0 Å². The third kappa shape index (κ3) is 2.19. The van der Waals surface area contributed by atoms with Gasteiger partial charge >= 0.3 is 0 Å². The van der Waals surface area contributed by atoms with E-state index in [2.05, 4.69) is 31.2 Å². The maximum absolute atomic E-state index is 12.8. The Morgan fingerprint density at radius 1 is 1.25 bits per heavy atom. The van der Waals surface area contributed by atoms with E-state index in [9.17, 15) is 4.39 Å². The first-order valence-electron chi connectivity index (χ1n) is 4.67. The molecule has 0 radical (unpaired) electrons. The SMILES string of the molecule is CNc1cnc(Br)c(-c2ccc(F)cc2)n1. The molecule has 0 saturated carbocycles. The van der Waals surface area contributed by atoms with Crippen molar-refractivity contribution in [3.8, 4) is 11.3 Å². The molecule has 3 nitrogen and oxygen atoms in total. The summed E-state index contributed by atoms with van der Waals surface area (Å²) >= 11 is 3.32. The van der Waals surface area contributed by atoms with Crippen LogP contribution >= 0.6 is 15.9 Å². The van der Waals surface area contributed by atoms with Gasteiger partial charge in [-0.05, 0) is 40.2 Å². The largest absolute Gasteiger partial charge is 0.372 e. The van der Waals surface area contributed by atoms with Crippen molar-refractivity contribution in [2.75, 3.05) is 12.4 Å². The number of nitrogens with zero attached hydrogens (tertiary/aromatic N) is 2. The first kappa shape index (κ1) is 11.0. The molecule has 1 heterocycles. The number of rotatable bonds is 2. The fourth-order valence-electron chi connectivity index (χ4n) is 1.29. The number of aromatic nitrogens is 2. The zero-order chi connectivity index (χ0) is 11.5. The number of hydrogen-bond donors (Lipinski definition) is 1. The van der Waals surface area contributed by atoms with E-state index >= 15 is 0 Å². The fraction of sp³-hybridized carbons (Fsp3) is 0.0909. The second-order valence-corrected chi connectivity index (χ2v) is 3.90. The van der Waals surface area contributed by atoms with Gasteiger partial charge in [0.05, 0.1) is 6.20 Å². The smallest absolute Gasteiger partial charge is 0.145 e. The van der Waals surface area contributed by atoms with Gasteiger partial charge in [-0.2, -0.15) is 0 Å². The van der Waals surface area contributed by atoms with E-state index in [1.165, 1.54) is 12.1 Å². The van der Waals surface area contributed by atoms with Gasteiger partial charge in [0.1, 0.15) is 21.9 Å². The van der Waals surface area contributed by atoms with Crippen LogP contribution in [0.4, 0.5) is 10.2 Å². The summed E-state index contributed by atoms with van der Waals surface area (Å²) in [5.41, 5.74) is 1.50. The minimum Gasteiger partial charge on any atom is -0.372 e. The molecular formula is C11H9BrFN3. The summed E-state index contributed by atoms with van der Waals surface area (Å²) in [6.45, 7) is 0. The first-order chi connectivity index (χ1) is 7.70. The van der Waals surface area contributed by atoms with Crippen LogP contribution in [0.3, 0.4) is 0 Å². The Labute approximate surface area is 101 Å². The predicted octanol–water partition coefficient (Wildman–Crippen LogP) is 3.09. The molecule has 0 bridgehead atoms. The Bertz CT molecular complexity index is 499. The summed E-state index contributed by atoms with van der Waals surface area (Å²) < 4.78 is 13.4. The van der Waals surface area contributed by atoms with Crippen molar-refractivity contribution in [2.24, 2.45) is 0 Å². The lowest BCUT2D eigenvalue weighted by atomic mass is 10.1. The molecule has 1 aromatic carbocycles. The number of benzene rings is 1. The van der Waals surface area contributed by atoms with Gasteiger partial charge in [-0.15, -0.1) is 0 Å². The van der Waals surface area contributed by atoms with E-state index in [1.54, 1.807) is 25.4 Å². The molecule has 0 spiro atoms. The van der Waals surface area contributed by atoms with E-state index in [-0.39, 0.29) is 5.82 Å². The van der Waals surface area contributed by atoms with Gasteiger partial charge in [0.15, 0.2) is 0 Å². The second-order valence-electron chi connectivity index (χ2n) is 3.15. The van der Waals surface area contributed by atoms with Crippen molar-refractivity contribution in [3.05, 3.63) is 40.9 Å². The number of halogens is 2. The average molecular weight is 282 g/mol. The fourth-order valence-corrected chi connectivity index (χ4v) is 1.71. The Hall–Kier alpha value is -1.49. The van der Waals surface area contributed by atoms with Crippen LogP contribution in [-0.2, 0) is 0 Å². The number of anilines is 1. The molecule has 1 aromatic heterocycles. The maximum Gasteiger partial charge on any atom is 0.145 e. The summed E-state index contributed by atoms with van der Waals surface area (Å²) in [6, 6.07) is 6.14. The van der Waals surface area contributed by atoms with Gasteiger partial charge < -0.3 is 5.32 Å². The van der Waals surface area contributed by atoms with Gasteiger partial charge in [-0.3, -0.25) is 0 Å². The second kappa shape index (κ2) is 4.57. The van der Waals surface area contributed by atoms with Crippen LogP contribution in [0.1, 0.15) is 0 Å². The molecule has 0 atom stereocenters. The van der Waals surface area contributed by atoms with E-state index < -0.39 is 0 Å². The molecule has 1 N–H and O–H groups in total. The molecule has 82 valence electrons. The highest BCUT2D eigenvalue weighted by Gasteiger charge is 2.07. The lowest BCUT2D eigenvalue weighted by Gasteiger charge is -2.05. The van der Waals surface area contributed by atoms with Gasteiger partial charge in [0.2, 0.25) is 0 Å². The summed E-state index contributed by atoms with van der Waals surface area (Å²) in [7, 11) is 1.77. The van der Waals surface area contributed by atoms with Gasteiger partial charge in [-0.1, -0.05) is 0 Å². The highest BCUT2D eigenvalue weighted by molar-refractivity contribution is 9.10. The predicted molar refractivity (Wildman–Crippen MR) is 64.7 cm³/mol. The van der Waals surface area contributed by atoms with E-state index in [4.69, 9.17) is 0 Å². The molecule has 0 saturated heterocycles. The van der Waals surface area contributed by atoms with Crippen molar-refractivity contribution in [1.82, 2.24) is 9.97 Å². The third-order valence-electron chi connectivity index (χ3n) is 2.10. The summed E-state index contributed by atoms with van der Waals surface area (Å²) in [5.74, 6) is 0.403. The Balaban J connectivity index is 2.50. The van der Waals surface area contributed by atoms with Gasteiger partial charge in [0, 0.05) is 12.6 Å². The molecule has 16 heavy (non-hydrogen) atoms. The monoisotopic (exact) mass is 281 g/mol. The minimum absolute atomic E-state index is 0.266. The van der Waals surface area contributed by atoms with E-state index in [1.807, 2.05) is 0 Å². The molecule has 0 unspecified atom stereocenters. The molecule has 0 aliphatic carbocycles. The van der Waals surface area contributed by atoms with Crippen molar-refractivity contribution in [1.29, 1.82) is 0 Å². The van der Waals surface area contributed by atoms with Crippen LogP contribution in [0.15, 0.2) is 35.1 Å². The van der Waals surface area contributed by atoms with E-state index in [0.29, 0.717) is 16.1 Å². The quantitative estimate of drug-likeness (QED) is 0.919. The van der Waals surface area contributed by atoms with Crippen LogP contribution < -0.4 is 5.32 Å². The van der Waals surface area contributed by atoms with Crippen LogP contribution in [0, 0.1) is 5.82 Å². The maximum atomic E-state index is 12.8. The summed E-state index contributed by atoms with van der Waals surface area (Å²) in [5, 5.41) is 2.91. The Kier molecular flexibility index (Phi) is 3.14. The molecule has 0 fully saturated rings. The third-order valence-corrected chi connectivity index (χ3v) is 2.68. The molecule has 2 aromatic rings. The van der Waals surface area contributed by atoms with Crippen molar-refractivity contribution in [2.45, 2.75) is 0 Å². The minimum atomic E-state index is -0.266. The normalized spacial score (nSPS) is 10.2. The lowest BCUT2D eigenvalue weighted by molar-refractivity contribution is 0.628. The topological polar surface area (TPSA) is 37.8 Å². The highest BCUT2D eigenvalue weighted by Crippen LogP contribution is 2.25. The molecule has 0 aliphatic rings. The molecule has 0 amide bonds. The lowest BCUT2D eigenvalue weighted by Crippen LogP contribution is -1.96. The zero-order valence-electron chi connectivity index (χ0n) is 8.54. The first-order valence-corrected chi connectivity index (χ1v) is 5.46. The Morgan fingerprint density at radius 3 is 2.56 bits per heavy atom. The van der Waals surface area contributed by atoms with E-state index in [0.717, 1.165) is 5.56 Å². The molecule has 0 aliphatic heterocycles. The summed E-state index contributed by atoms with van der Waals surface area (Å²) in [4.78, 5) is 8.49. The molecule has 5 heteroatoms.